The van der Waals surface area contributed by atoms with E-state index in [1.165, 1.54) is 23.0 Å². The number of carbonyl (C=O) groups is 3. The molecule has 5 rings (SSSR count). The number of anilines is 3. The van der Waals surface area contributed by atoms with Gasteiger partial charge in [-0.05, 0) is 44.6 Å². The van der Waals surface area contributed by atoms with E-state index in [1.54, 1.807) is 0 Å². The van der Waals surface area contributed by atoms with Crippen molar-refractivity contribution in [2.75, 3.05) is 16.0 Å². The molecule has 206 valence electrons. The van der Waals surface area contributed by atoms with Gasteiger partial charge in [0, 0.05) is 30.4 Å². The summed E-state index contributed by atoms with van der Waals surface area (Å²) in [5.41, 5.74) is 7.03. The van der Waals surface area contributed by atoms with Crippen molar-refractivity contribution in [3.8, 4) is 0 Å². The molecule has 0 unspecified atom stereocenters. The predicted octanol–water partition coefficient (Wildman–Crippen LogP) is 1.73. The van der Waals surface area contributed by atoms with E-state index in [-0.39, 0.29) is 23.5 Å². The third-order valence-electron chi connectivity index (χ3n) is 6.81. The number of hydrogen-bond donors (Lipinski definition) is 6. The first-order chi connectivity index (χ1) is 18.8. The molecule has 2 aliphatic carbocycles. The number of carboxylic acids is 1. The number of aliphatic carboxylic acids is 1. The molecule has 2 fully saturated rings. The van der Waals surface area contributed by atoms with Gasteiger partial charge >= 0.3 is 5.97 Å². The van der Waals surface area contributed by atoms with Gasteiger partial charge in [0.15, 0.2) is 17.2 Å². The maximum absolute atomic E-state index is 14.0. The maximum atomic E-state index is 14.0. The molecule has 0 aromatic carbocycles. The van der Waals surface area contributed by atoms with Crippen LogP contribution in [0.2, 0.25) is 0 Å². The van der Waals surface area contributed by atoms with Gasteiger partial charge in [-0.3, -0.25) is 19.4 Å². The largest absolute Gasteiger partial charge is 0.481 e. The number of rotatable bonds is 10. The number of amides is 2. The molecule has 1 atom stereocenters. The summed E-state index contributed by atoms with van der Waals surface area (Å²) in [6, 6.07) is 2.46. The highest BCUT2D eigenvalue weighted by Gasteiger charge is 2.27. The Balaban J connectivity index is 1.28. The Hall–Kier alpha value is -4.33. The third-order valence-corrected chi connectivity index (χ3v) is 6.81. The van der Waals surface area contributed by atoms with Crippen molar-refractivity contribution in [1.29, 1.82) is 0 Å². The summed E-state index contributed by atoms with van der Waals surface area (Å²) in [5, 5.41) is 25.7. The van der Waals surface area contributed by atoms with Crippen LogP contribution in [-0.4, -0.2) is 66.6 Å². The number of pyridine rings is 1. The summed E-state index contributed by atoms with van der Waals surface area (Å²) in [6.45, 7) is 0. The Bertz CT molecular complexity index is 1390. The quantitative estimate of drug-likeness (QED) is 0.221. The normalized spacial score (nSPS) is 19.7. The molecular formula is C25H30FN9O4. The molecular weight excluding hydrogens is 509 g/mol. The fourth-order valence-corrected chi connectivity index (χ4v) is 4.59. The molecule has 2 saturated carbocycles. The van der Waals surface area contributed by atoms with Gasteiger partial charge in [0.05, 0.1) is 36.2 Å². The van der Waals surface area contributed by atoms with Gasteiger partial charge in [0.2, 0.25) is 5.91 Å². The second-order valence-electron chi connectivity index (χ2n) is 9.96. The van der Waals surface area contributed by atoms with Crippen LogP contribution in [0.4, 0.5) is 21.6 Å². The minimum absolute atomic E-state index is 0.00308. The van der Waals surface area contributed by atoms with Crippen LogP contribution in [-0.2, 0) is 9.59 Å². The number of nitrogens with zero attached hydrogens (tertiary/aromatic N) is 4. The number of nitrogens with two attached hydrogens (primary N) is 1. The highest BCUT2D eigenvalue weighted by Crippen LogP contribution is 2.30. The second kappa shape index (κ2) is 11.2. The van der Waals surface area contributed by atoms with E-state index in [4.69, 9.17) is 10.8 Å². The van der Waals surface area contributed by atoms with Crippen molar-refractivity contribution < 1.29 is 23.9 Å². The molecule has 7 N–H and O–H groups in total. The molecule has 39 heavy (non-hydrogen) atoms. The zero-order valence-corrected chi connectivity index (χ0v) is 21.1. The average Bonchev–Trinajstić information content (AvgIpc) is 3.61. The lowest BCUT2D eigenvalue weighted by atomic mass is 9.91. The number of carbonyl (C=O) groups excluding carboxylic acids is 2. The van der Waals surface area contributed by atoms with E-state index in [9.17, 15) is 18.8 Å². The highest BCUT2D eigenvalue weighted by molar-refractivity contribution is 6.03. The Morgan fingerprint density at radius 3 is 2.44 bits per heavy atom. The molecule has 13 nitrogen and oxygen atoms in total. The first-order valence-electron chi connectivity index (χ1n) is 12.9. The average molecular weight is 540 g/mol. The number of halogens is 1. The lowest BCUT2D eigenvalue weighted by Gasteiger charge is -2.30. The van der Waals surface area contributed by atoms with E-state index in [1.807, 2.05) is 6.07 Å². The summed E-state index contributed by atoms with van der Waals surface area (Å²) in [4.78, 5) is 44.1. The maximum Gasteiger partial charge on any atom is 0.305 e. The van der Waals surface area contributed by atoms with Crippen LogP contribution in [0.3, 0.4) is 0 Å². The van der Waals surface area contributed by atoms with E-state index in [0.717, 1.165) is 37.6 Å². The number of imidazole rings is 1. The van der Waals surface area contributed by atoms with Crippen molar-refractivity contribution in [1.82, 2.24) is 24.9 Å². The molecule has 3 aromatic rings. The smallest absolute Gasteiger partial charge is 0.305 e. The fraction of sp³-hybridized carbons (Fsp3) is 0.440. The Morgan fingerprint density at radius 1 is 1.05 bits per heavy atom. The van der Waals surface area contributed by atoms with Crippen LogP contribution < -0.4 is 27.0 Å². The number of carboxylic acid groups (broad SMARTS) is 1. The summed E-state index contributed by atoms with van der Waals surface area (Å²) in [5.74, 6) is -2.25. The van der Waals surface area contributed by atoms with Gasteiger partial charge in [0.25, 0.3) is 5.91 Å². The van der Waals surface area contributed by atoms with Gasteiger partial charge in [-0.1, -0.05) is 0 Å². The van der Waals surface area contributed by atoms with Gasteiger partial charge in [-0.25, -0.2) is 13.9 Å². The van der Waals surface area contributed by atoms with E-state index >= 15 is 0 Å². The summed E-state index contributed by atoms with van der Waals surface area (Å²) in [7, 11) is 0. The lowest BCUT2D eigenvalue weighted by Crippen LogP contribution is -2.48. The number of aromatic nitrogens is 4. The minimum atomic E-state index is -1.12. The molecule has 3 aromatic heterocycles. The third kappa shape index (κ3) is 6.39. The van der Waals surface area contributed by atoms with Crippen LogP contribution in [0, 0.1) is 5.82 Å². The second-order valence-corrected chi connectivity index (χ2v) is 9.96. The number of fused-ring (bicyclic) bond motifs is 1. The topological polar surface area (TPSA) is 189 Å². The van der Waals surface area contributed by atoms with Gasteiger partial charge in [-0.2, -0.15) is 0 Å². The highest BCUT2D eigenvalue weighted by atomic mass is 19.1. The van der Waals surface area contributed by atoms with E-state index in [2.05, 4.69) is 36.3 Å². The van der Waals surface area contributed by atoms with Gasteiger partial charge in [-0.15, -0.1) is 5.10 Å². The molecule has 0 aliphatic heterocycles. The molecule has 0 bridgehead atoms. The zero-order chi connectivity index (χ0) is 27.5. The minimum Gasteiger partial charge on any atom is -0.481 e. The van der Waals surface area contributed by atoms with Crippen molar-refractivity contribution in [3.05, 3.63) is 42.2 Å². The molecule has 2 amide bonds. The summed E-state index contributed by atoms with van der Waals surface area (Å²) >= 11 is 0. The van der Waals surface area contributed by atoms with Crippen molar-refractivity contribution in [2.24, 2.45) is 5.73 Å². The van der Waals surface area contributed by atoms with Gasteiger partial charge < -0.3 is 32.1 Å². The van der Waals surface area contributed by atoms with E-state index < -0.39 is 36.1 Å². The Morgan fingerprint density at radius 2 is 1.74 bits per heavy atom. The SMILES string of the molecule is N[C@@H](CC(=O)O)C(=O)NC1CCC(Nc2cc(NC3CC3)c3ncc(C(=O)Nc4ccncc4F)n3n2)CC1. The van der Waals surface area contributed by atoms with Crippen LogP contribution in [0.15, 0.2) is 30.7 Å². The standard InChI is InChI=1S/C25H30FN9O4/c26-16-11-28-8-7-18(16)33-25(39)20-12-29-23-19(30-13-1-2-13)10-21(34-35(20)23)31-14-3-5-15(6-4-14)32-24(38)17(27)9-22(36)37/h7-8,10-15,17,30H,1-6,9,27H2,(H,31,34)(H,32,38)(H,36,37)(H,28,33,39)/t14?,15?,17-/m0/s1. The molecule has 14 heteroatoms. The monoisotopic (exact) mass is 539 g/mol. The van der Waals surface area contributed by atoms with Crippen LogP contribution in [0.1, 0.15) is 55.4 Å². The summed E-state index contributed by atoms with van der Waals surface area (Å²) < 4.78 is 15.5. The molecule has 3 heterocycles. The Kier molecular flexibility index (Phi) is 7.54. The van der Waals surface area contributed by atoms with Crippen molar-refractivity contribution in [3.63, 3.8) is 0 Å². The lowest BCUT2D eigenvalue weighted by molar-refractivity contribution is -0.139. The van der Waals surface area contributed by atoms with Gasteiger partial charge in [0.1, 0.15) is 5.82 Å². The molecule has 0 radical (unpaired) electrons. The predicted molar refractivity (Wildman–Crippen MR) is 140 cm³/mol. The number of nitrogens with one attached hydrogen (secondary N) is 4. The van der Waals surface area contributed by atoms with E-state index in [0.29, 0.717) is 30.3 Å². The Labute approximate surface area is 222 Å². The zero-order valence-electron chi connectivity index (χ0n) is 21.1. The van der Waals surface area contributed by atoms with Crippen LogP contribution >= 0.6 is 0 Å². The fourth-order valence-electron chi connectivity index (χ4n) is 4.59. The first-order valence-corrected chi connectivity index (χ1v) is 12.9. The molecule has 0 saturated heterocycles. The van der Waals surface area contributed by atoms with Crippen LogP contribution in [0.25, 0.3) is 5.65 Å². The van der Waals surface area contributed by atoms with Crippen molar-refractivity contribution in [2.45, 2.75) is 69.1 Å². The first kappa shape index (κ1) is 26.3. The van der Waals surface area contributed by atoms with Crippen molar-refractivity contribution >= 4 is 40.6 Å². The summed E-state index contributed by atoms with van der Waals surface area (Å²) in [6.07, 6.45) is 8.33. The molecule has 2 aliphatic rings. The molecule has 0 spiro atoms. The van der Waals surface area contributed by atoms with Crippen LogP contribution in [0.5, 0.6) is 0 Å². The number of hydrogen-bond acceptors (Lipinski definition) is 9.